The number of pyridine rings is 1. The molecule has 0 atom stereocenters. The summed E-state index contributed by atoms with van der Waals surface area (Å²) in [5.74, 6) is -0.175. The Hall–Kier alpha value is -1.77. The van der Waals surface area contributed by atoms with Crippen LogP contribution in [0.4, 0.5) is 5.82 Å². The summed E-state index contributed by atoms with van der Waals surface area (Å²) in [4.78, 5) is 17.6. The molecule has 2 aromatic rings. The van der Waals surface area contributed by atoms with E-state index in [2.05, 4.69) is 15.0 Å². The van der Waals surface area contributed by atoms with Crippen molar-refractivity contribution in [2.75, 3.05) is 18.0 Å². The van der Waals surface area contributed by atoms with Crippen LogP contribution in [0.5, 0.6) is 0 Å². The zero-order valence-electron chi connectivity index (χ0n) is 13.2. The van der Waals surface area contributed by atoms with Crippen LogP contribution in [-0.4, -0.2) is 33.8 Å². The van der Waals surface area contributed by atoms with Gasteiger partial charge in [0.1, 0.15) is 5.82 Å². The molecule has 2 aliphatic rings. The van der Waals surface area contributed by atoms with E-state index in [9.17, 15) is 9.90 Å². The predicted molar refractivity (Wildman–Crippen MR) is 78.4 cm³/mol. The van der Waals surface area contributed by atoms with Crippen molar-refractivity contribution in [3.05, 3.63) is 41.9 Å². The number of carbonyl (C=O) groups excluding carboxylic acids is 1. The van der Waals surface area contributed by atoms with Crippen LogP contribution in [0, 0.1) is 5.41 Å². The van der Waals surface area contributed by atoms with Crippen LogP contribution < -0.4 is 28.9 Å². The van der Waals surface area contributed by atoms with Gasteiger partial charge in [-0.15, -0.1) is 0 Å². The fourth-order valence-corrected chi connectivity index (χ4v) is 3.16. The number of aromatic nitrogens is 3. The molecule has 1 aliphatic carbocycles. The first-order valence-electron chi connectivity index (χ1n) is 7.57. The van der Waals surface area contributed by atoms with Crippen molar-refractivity contribution in [1.29, 1.82) is 0 Å². The van der Waals surface area contributed by atoms with Gasteiger partial charge in [-0.2, -0.15) is 5.10 Å². The molecule has 0 unspecified atom stereocenters. The third-order valence-electron chi connectivity index (χ3n) is 4.74. The van der Waals surface area contributed by atoms with Gasteiger partial charge in [0.2, 0.25) is 0 Å². The zero-order chi connectivity index (χ0) is 15.2. The Bertz CT molecular complexity index is 709. The van der Waals surface area contributed by atoms with Crippen LogP contribution in [0.15, 0.2) is 30.7 Å². The van der Waals surface area contributed by atoms with Gasteiger partial charge in [0.05, 0.1) is 18.7 Å². The standard InChI is InChI=1S/C16H18N4O2.Li/c21-15(22)13-8-18-20(10-13)9-12-1-2-14(17-7-12)19-6-5-16(11-19)3-4-16;/h1-2,7-8,10H,3-6,9,11H2,(H,21,22);/q;+1/p-1. The van der Waals surface area contributed by atoms with E-state index < -0.39 is 5.97 Å². The minimum Gasteiger partial charge on any atom is -0.545 e. The van der Waals surface area contributed by atoms with Crippen molar-refractivity contribution in [3.63, 3.8) is 0 Å². The first-order chi connectivity index (χ1) is 10.6. The molecule has 114 valence electrons. The maximum absolute atomic E-state index is 10.7. The Kier molecular flexibility index (Phi) is 4.22. The Labute approximate surface area is 146 Å². The van der Waals surface area contributed by atoms with Crippen LogP contribution in [-0.2, 0) is 6.54 Å². The molecule has 4 rings (SSSR count). The molecule has 1 aliphatic heterocycles. The number of carboxylic acids is 1. The van der Waals surface area contributed by atoms with Crippen LogP contribution in [0.2, 0.25) is 0 Å². The summed E-state index contributed by atoms with van der Waals surface area (Å²) in [5.41, 5.74) is 1.69. The van der Waals surface area contributed by atoms with E-state index >= 15 is 0 Å². The molecule has 2 aromatic heterocycles. The van der Waals surface area contributed by atoms with Crippen molar-refractivity contribution in [1.82, 2.24) is 14.8 Å². The molecular weight excluding hydrogens is 287 g/mol. The second-order valence-corrected chi connectivity index (χ2v) is 6.41. The van der Waals surface area contributed by atoms with Gasteiger partial charge in [-0.05, 0) is 36.3 Å². The van der Waals surface area contributed by atoms with E-state index in [1.807, 2.05) is 18.3 Å². The number of aromatic carboxylic acids is 1. The molecule has 1 spiro atoms. The Morgan fingerprint density at radius 2 is 2.09 bits per heavy atom. The summed E-state index contributed by atoms with van der Waals surface area (Å²) in [6.07, 6.45) is 8.63. The molecule has 2 fully saturated rings. The quantitative estimate of drug-likeness (QED) is 0.593. The summed E-state index contributed by atoms with van der Waals surface area (Å²) >= 11 is 0. The number of anilines is 1. The van der Waals surface area contributed by atoms with E-state index in [-0.39, 0.29) is 24.4 Å². The van der Waals surface area contributed by atoms with Crippen LogP contribution in [0.1, 0.15) is 35.2 Å². The van der Waals surface area contributed by atoms with Gasteiger partial charge in [-0.1, -0.05) is 6.07 Å². The average molecular weight is 304 g/mol. The number of nitrogens with zero attached hydrogens (tertiary/aromatic N) is 4. The van der Waals surface area contributed by atoms with Crippen molar-refractivity contribution in [3.8, 4) is 0 Å². The Balaban J connectivity index is 0.00000156. The Morgan fingerprint density at radius 3 is 2.65 bits per heavy atom. The summed E-state index contributed by atoms with van der Waals surface area (Å²) in [6.45, 7) is 2.73. The van der Waals surface area contributed by atoms with Gasteiger partial charge < -0.3 is 14.8 Å². The average Bonchev–Trinajstić information content (AvgIpc) is 2.93. The van der Waals surface area contributed by atoms with Crippen LogP contribution in [0.3, 0.4) is 0 Å². The molecule has 6 nitrogen and oxygen atoms in total. The summed E-state index contributed by atoms with van der Waals surface area (Å²) < 4.78 is 1.58. The van der Waals surface area contributed by atoms with E-state index in [1.54, 1.807) is 4.68 Å². The number of hydrogen-bond acceptors (Lipinski definition) is 5. The van der Waals surface area contributed by atoms with Gasteiger partial charge in [-0.25, -0.2) is 4.98 Å². The monoisotopic (exact) mass is 304 g/mol. The first-order valence-corrected chi connectivity index (χ1v) is 7.57. The smallest absolute Gasteiger partial charge is 0.545 e. The van der Waals surface area contributed by atoms with Gasteiger partial charge in [-0.3, -0.25) is 4.68 Å². The minimum atomic E-state index is -1.21. The fourth-order valence-electron chi connectivity index (χ4n) is 3.16. The number of carboxylic acid groups (broad SMARTS) is 1. The van der Waals surface area contributed by atoms with Crippen LogP contribution >= 0.6 is 0 Å². The van der Waals surface area contributed by atoms with E-state index in [1.165, 1.54) is 31.7 Å². The van der Waals surface area contributed by atoms with Gasteiger partial charge in [0.25, 0.3) is 0 Å². The zero-order valence-corrected chi connectivity index (χ0v) is 13.2. The largest absolute Gasteiger partial charge is 1.00 e. The normalized spacial score (nSPS) is 18.0. The van der Waals surface area contributed by atoms with Crippen molar-refractivity contribution in [2.24, 2.45) is 5.41 Å². The minimum absolute atomic E-state index is 0. The molecule has 0 bridgehead atoms. The van der Waals surface area contributed by atoms with Crippen molar-refractivity contribution < 1.29 is 28.8 Å². The molecule has 0 amide bonds. The third kappa shape index (κ3) is 3.29. The van der Waals surface area contributed by atoms with Crippen molar-refractivity contribution >= 4 is 11.8 Å². The topological polar surface area (TPSA) is 74.1 Å². The maximum atomic E-state index is 10.7. The molecule has 23 heavy (non-hydrogen) atoms. The fraction of sp³-hybridized carbons (Fsp3) is 0.438. The molecule has 7 heteroatoms. The van der Waals surface area contributed by atoms with E-state index in [4.69, 9.17) is 0 Å². The molecule has 1 saturated carbocycles. The summed E-state index contributed by atoms with van der Waals surface area (Å²) in [6, 6.07) is 4.07. The molecule has 3 heterocycles. The Morgan fingerprint density at radius 1 is 1.26 bits per heavy atom. The second kappa shape index (κ2) is 6.03. The van der Waals surface area contributed by atoms with Gasteiger partial charge in [0.15, 0.2) is 0 Å². The SMILES string of the molecule is O=C([O-])c1cnn(Cc2ccc(N3CCC4(CC4)C3)nc2)c1.[Li+]. The predicted octanol–water partition coefficient (Wildman–Crippen LogP) is -2.32. The molecule has 1 saturated heterocycles. The third-order valence-corrected chi connectivity index (χ3v) is 4.74. The molecule has 0 radical (unpaired) electrons. The second-order valence-electron chi connectivity index (χ2n) is 6.41. The summed E-state index contributed by atoms with van der Waals surface area (Å²) in [7, 11) is 0. The number of carbonyl (C=O) groups is 1. The van der Waals surface area contributed by atoms with Crippen molar-refractivity contribution in [2.45, 2.75) is 25.8 Å². The molecule has 0 N–H and O–H groups in total. The molecular formula is C16H17LiN4O2. The molecule has 0 aromatic carbocycles. The van der Waals surface area contributed by atoms with Gasteiger partial charge >= 0.3 is 18.9 Å². The first kappa shape index (κ1) is 16.1. The number of rotatable bonds is 4. The van der Waals surface area contributed by atoms with Crippen LogP contribution in [0.25, 0.3) is 0 Å². The number of hydrogen-bond donors (Lipinski definition) is 0. The summed E-state index contributed by atoms with van der Waals surface area (Å²) in [5, 5.41) is 14.8. The van der Waals surface area contributed by atoms with E-state index in [0.29, 0.717) is 12.0 Å². The maximum Gasteiger partial charge on any atom is 1.00 e. The van der Waals surface area contributed by atoms with E-state index in [0.717, 1.165) is 24.5 Å². The van der Waals surface area contributed by atoms with Gasteiger partial charge in [0, 0.05) is 31.0 Å².